The molecule has 1 aromatic carbocycles. The molecular formula is C27H32ClFN6O2. The Morgan fingerprint density at radius 3 is 2.81 bits per heavy atom. The van der Waals surface area contributed by atoms with E-state index in [-0.39, 0.29) is 22.2 Å². The van der Waals surface area contributed by atoms with Crippen LogP contribution in [-0.2, 0) is 10.2 Å². The van der Waals surface area contributed by atoms with Gasteiger partial charge in [0.05, 0.1) is 35.3 Å². The molecule has 2 aliphatic heterocycles. The van der Waals surface area contributed by atoms with Gasteiger partial charge in [-0.05, 0) is 38.3 Å². The Labute approximate surface area is 221 Å². The topological polar surface area (TPSA) is 108 Å². The number of likely N-dealkylation sites (N-methyl/N-ethyl adjacent to an activating group) is 1. The van der Waals surface area contributed by atoms with Crippen LogP contribution < -0.4 is 11.1 Å². The zero-order chi connectivity index (χ0) is 26.4. The third-order valence-corrected chi connectivity index (χ3v) is 8.57. The number of rotatable bonds is 5. The lowest BCUT2D eigenvalue weighted by atomic mass is 9.77. The summed E-state index contributed by atoms with van der Waals surface area (Å²) in [7, 11) is 1.65. The molecule has 1 amide bonds. The summed E-state index contributed by atoms with van der Waals surface area (Å²) in [6.45, 7) is 6.67. The number of nitrogens with zero attached hydrogens (tertiary/aromatic N) is 4. The van der Waals surface area contributed by atoms with Crippen LogP contribution >= 0.6 is 11.6 Å². The predicted octanol–water partition coefficient (Wildman–Crippen LogP) is 3.90. The van der Waals surface area contributed by atoms with E-state index >= 15 is 4.39 Å². The van der Waals surface area contributed by atoms with Crippen LogP contribution in [0.2, 0.25) is 5.02 Å². The quantitative estimate of drug-likeness (QED) is 0.569. The van der Waals surface area contributed by atoms with E-state index in [0.29, 0.717) is 55.7 Å². The number of halogens is 2. The van der Waals surface area contributed by atoms with E-state index in [1.807, 2.05) is 6.92 Å². The fraction of sp³-hybridized carbons (Fsp3) is 0.519. The lowest BCUT2D eigenvalue weighted by Crippen LogP contribution is -2.42. The van der Waals surface area contributed by atoms with Crippen molar-refractivity contribution < 1.29 is 13.9 Å². The summed E-state index contributed by atoms with van der Waals surface area (Å²) in [4.78, 5) is 21.6. The van der Waals surface area contributed by atoms with Crippen molar-refractivity contribution in [1.82, 2.24) is 14.8 Å². The lowest BCUT2D eigenvalue weighted by molar-refractivity contribution is 0.0338. The number of nitrogen functional groups attached to an aromatic ring is 1. The highest BCUT2D eigenvalue weighted by Crippen LogP contribution is 2.57. The molecule has 5 rings (SSSR count). The Hall–Kier alpha value is -2.93. The van der Waals surface area contributed by atoms with Gasteiger partial charge in [0.1, 0.15) is 11.6 Å². The number of pyridine rings is 1. The number of nitriles is 1. The van der Waals surface area contributed by atoms with Gasteiger partial charge >= 0.3 is 0 Å². The number of amides is 1. The first kappa shape index (κ1) is 25.7. The van der Waals surface area contributed by atoms with Crippen LogP contribution in [-0.4, -0.2) is 73.7 Å². The number of hydrogen-bond acceptors (Lipinski definition) is 7. The number of fused-ring (bicyclic) bond motifs is 2. The predicted molar refractivity (Wildman–Crippen MR) is 141 cm³/mol. The maximum absolute atomic E-state index is 16.0. The van der Waals surface area contributed by atoms with Crippen molar-refractivity contribution in [3.63, 3.8) is 0 Å². The first-order valence-electron chi connectivity index (χ1n) is 12.7. The summed E-state index contributed by atoms with van der Waals surface area (Å²) in [5.74, 6) is -0.514. The van der Waals surface area contributed by atoms with Gasteiger partial charge in [-0.2, -0.15) is 5.26 Å². The van der Waals surface area contributed by atoms with Crippen LogP contribution in [0.25, 0.3) is 11.1 Å². The molecule has 1 saturated carbocycles. The van der Waals surface area contributed by atoms with Gasteiger partial charge in [0.2, 0.25) is 0 Å². The number of benzene rings is 1. The summed E-state index contributed by atoms with van der Waals surface area (Å²) in [6.07, 6.45) is 3.75. The lowest BCUT2D eigenvalue weighted by Gasteiger charge is -2.29. The van der Waals surface area contributed by atoms with E-state index in [1.165, 1.54) is 11.1 Å². The van der Waals surface area contributed by atoms with Gasteiger partial charge in [-0.25, -0.2) is 9.37 Å². The Kier molecular flexibility index (Phi) is 6.77. The van der Waals surface area contributed by atoms with Crippen molar-refractivity contribution in [3.05, 3.63) is 40.3 Å². The van der Waals surface area contributed by atoms with E-state index in [1.54, 1.807) is 19.2 Å². The van der Waals surface area contributed by atoms with Crippen molar-refractivity contribution in [2.45, 2.75) is 31.6 Å². The van der Waals surface area contributed by atoms with Crippen LogP contribution in [0.4, 0.5) is 15.9 Å². The third-order valence-electron chi connectivity index (χ3n) is 8.17. The van der Waals surface area contributed by atoms with Gasteiger partial charge < -0.3 is 20.7 Å². The van der Waals surface area contributed by atoms with Crippen LogP contribution in [0.5, 0.6) is 0 Å². The Balaban J connectivity index is 1.46. The molecule has 2 aromatic rings. The number of hydrogen-bond donors (Lipinski definition) is 2. The van der Waals surface area contributed by atoms with Gasteiger partial charge in [0.25, 0.3) is 5.91 Å². The second kappa shape index (κ2) is 9.75. The molecule has 3 aliphatic rings. The molecule has 0 radical (unpaired) electrons. The molecular weight excluding hydrogens is 495 g/mol. The van der Waals surface area contributed by atoms with Crippen LogP contribution in [0.15, 0.2) is 18.3 Å². The number of nitrogens with two attached hydrogens (primary N) is 1. The maximum atomic E-state index is 16.0. The fourth-order valence-electron chi connectivity index (χ4n) is 5.96. The zero-order valence-electron chi connectivity index (χ0n) is 21.2. The van der Waals surface area contributed by atoms with E-state index in [0.717, 1.165) is 31.5 Å². The molecule has 10 heteroatoms. The Bertz CT molecular complexity index is 1280. The first-order chi connectivity index (χ1) is 17.7. The van der Waals surface area contributed by atoms with Gasteiger partial charge in [0, 0.05) is 73.8 Å². The first-order valence-corrected chi connectivity index (χ1v) is 13.0. The summed E-state index contributed by atoms with van der Waals surface area (Å²) in [5, 5.41) is 13.4. The second-order valence-corrected chi connectivity index (χ2v) is 11.1. The number of carbonyl (C=O) groups is 1. The normalized spacial score (nSPS) is 25.1. The molecule has 2 fully saturated rings. The maximum Gasteiger partial charge on any atom is 0.258 e. The van der Waals surface area contributed by atoms with Gasteiger partial charge in [-0.1, -0.05) is 11.6 Å². The van der Waals surface area contributed by atoms with E-state index < -0.39 is 17.1 Å². The van der Waals surface area contributed by atoms with Gasteiger partial charge in [-0.3, -0.25) is 9.69 Å². The minimum atomic E-state index is -0.708. The molecule has 196 valence electrons. The summed E-state index contributed by atoms with van der Waals surface area (Å²) in [5.41, 5.74) is 6.68. The number of morpholine rings is 1. The van der Waals surface area contributed by atoms with Crippen molar-refractivity contribution in [1.29, 1.82) is 5.26 Å². The highest BCUT2D eigenvalue weighted by atomic mass is 35.5. The molecule has 2 atom stereocenters. The SMILES string of the molecule is CN(CCN1CCOCC1)C(=O)c1c(N)ccc(-c2cnc3c(c2Cl)[C@@]2(CC[C@](C)(C#N)C2)CN3)c1F. The van der Waals surface area contributed by atoms with Gasteiger partial charge in [-0.15, -0.1) is 0 Å². The number of carbonyl (C=O) groups excluding carboxylic acids is 1. The molecule has 1 aromatic heterocycles. The van der Waals surface area contributed by atoms with E-state index in [9.17, 15) is 10.1 Å². The van der Waals surface area contributed by atoms with Crippen molar-refractivity contribution in [2.75, 3.05) is 64.0 Å². The van der Waals surface area contributed by atoms with Crippen LogP contribution in [0.1, 0.15) is 42.1 Å². The fourth-order valence-corrected chi connectivity index (χ4v) is 6.40. The molecule has 1 saturated heterocycles. The van der Waals surface area contributed by atoms with Crippen LogP contribution in [0, 0.1) is 22.6 Å². The third kappa shape index (κ3) is 4.52. The Morgan fingerprint density at radius 2 is 2.11 bits per heavy atom. The average Bonchev–Trinajstić information content (AvgIpc) is 3.44. The second-order valence-electron chi connectivity index (χ2n) is 10.8. The van der Waals surface area contributed by atoms with Crippen molar-refractivity contribution in [3.8, 4) is 17.2 Å². The average molecular weight is 527 g/mol. The van der Waals surface area contributed by atoms with Crippen molar-refractivity contribution in [2.24, 2.45) is 5.41 Å². The minimum absolute atomic E-state index is 0.0773. The molecule has 3 heterocycles. The number of nitrogens with one attached hydrogen (secondary N) is 1. The molecule has 0 unspecified atom stereocenters. The molecule has 0 bridgehead atoms. The van der Waals surface area contributed by atoms with E-state index in [2.05, 4.69) is 21.3 Å². The molecule has 37 heavy (non-hydrogen) atoms. The number of aromatic nitrogens is 1. The van der Waals surface area contributed by atoms with E-state index in [4.69, 9.17) is 22.1 Å². The summed E-state index contributed by atoms with van der Waals surface area (Å²) in [6, 6.07) is 5.54. The highest BCUT2D eigenvalue weighted by molar-refractivity contribution is 6.34. The highest BCUT2D eigenvalue weighted by Gasteiger charge is 2.52. The number of ether oxygens (including phenoxy) is 1. The zero-order valence-corrected chi connectivity index (χ0v) is 22.0. The summed E-state index contributed by atoms with van der Waals surface area (Å²) < 4.78 is 21.4. The Morgan fingerprint density at radius 1 is 1.35 bits per heavy atom. The van der Waals surface area contributed by atoms with Crippen molar-refractivity contribution >= 4 is 29.0 Å². The summed E-state index contributed by atoms with van der Waals surface area (Å²) >= 11 is 6.96. The standard InChI is InChI=1S/C27H32ClFN6O2/c1-26(15-30)5-6-27(14-26)16-33-24-21(27)22(28)18(13-32-24)17-3-4-19(31)20(23(17)29)25(36)34(2)7-8-35-9-11-37-12-10-35/h3-4,13H,5-12,14,16,31H2,1-2H3,(H,32,33)/t26-,27+/m0/s1. The minimum Gasteiger partial charge on any atom is -0.398 e. The molecule has 3 N–H and O–H groups in total. The largest absolute Gasteiger partial charge is 0.398 e. The number of anilines is 2. The molecule has 1 aliphatic carbocycles. The van der Waals surface area contributed by atoms with Gasteiger partial charge in [0.15, 0.2) is 0 Å². The molecule has 1 spiro atoms. The smallest absolute Gasteiger partial charge is 0.258 e. The molecule has 8 nitrogen and oxygen atoms in total. The monoisotopic (exact) mass is 526 g/mol. The van der Waals surface area contributed by atoms with Crippen LogP contribution in [0.3, 0.4) is 0 Å².